The summed E-state index contributed by atoms with van der Waals surface area (Å²) in [5.74, 6) is -1.27. The molecule has 2 rings (SSSR count). The second-order valence-electron chi connectivity index (χ2n) is 4.95. The third-order valence-electron chi connectivity index (χ3n) is 3.55. The zero-order valence-electron chi connectivity index (χ0n) is 10.8. The van der Waals surface area contributed by atoms with Gasteiger partial charge in [0.15, 0.2) is 0 Å². The number of nitrogens with one attached hydrogen (secondary N) is 2. The summed E-state index contributed by atoms with van der Waals surface area (Å²) in [4.78, 5) is 23.4. The molecule has 108 valence electrons. The van der Waals surface area contributed by atoms with Crippen molar-refractivity contribution in [2.24, 2.45) is 0 Å². The summed E-state index contributed by atoms with van der Waals surface area (Å²) in [5, 5.41) is 15.1. The summed E-state index contributed by atoms with van der Waals surface area (Å²) < 4.78 is 10.6. The van der Waals surface area contributed by atoms with E-state index in [1.54, 1.807) is 0 Å². The smallest absolute Gasteiger partial charge is 0.329 e. The molecule has 7 heteroatoms. The second-order valence-corrected chi connectivity index (χ2v) is 4.95. The maximum atomic E-state index is 12.0. The molecule has 7 nitrogen and oxygen atoms in total. The molecule has 0 radical (unpaired) electrons. The molecule has 2 aliphatic heterocycles. The maximum Gasteiger partial charge on any atom is 0.329 e. The van der Waals surface area contributed by atoms with Gasteiger partial charge in [0.25, 0.3) is 0 Å². The summed E-state index contributed by atoms with van der Waals surface area (Å²) in [7, 11) is 0. The highest BCUT2D eigenvalue weighted by atomic mass is 16.5. The predicted molar refractivity (Wildman–Crippen MR) is 65.8 cm³/mol. The minimum atomic E-state index is -1.18. The molecule has 1 unspecified atom stereocenters. The van der Waals surface area contributed by atoms with Crippen LogP contribution in [0.4, 0.5) is 0 Å². The van der Waals surface area contributed by atoms with Gasteiger partial charge in [0.1, 0.15) is 5.54 Å². The molecule has 0 aromatic carbocycles. The first-order valence-corrected chi connectivity index (χ1v) is 6.57. The Morgan fingerprint density at radius 3 is 2.63 bits per heavy atom. The fourth-order valence-corrected chi connectivity index (χ4v) is 2.39. The Hall–Kier alpha value is -1.18. The molecule has 2 heterocycles. The van der Waals surface area contributed by atoms with E-state index in [1.165, 1.54) is 0 Å². The number of hydrogen-bond donors (Lipinski definition) is 3. The third kappa shape index (κ3) is 3.65. The van der Waals surface area contributed by atoms with E-state index in [2.05, 4.69) is 10.6 Å². The molecule has 1 atom stereocenters. The van der Waals surface area contributed by atoms with E-state index in [4.69, 9.17) is 9.47 Å². The zero-order chi connectivity index (χ0) is 13.7. The summed E-state index contributed by atoms with van der Waals surface area (Å²) in [5.41, 5.74) is -1.18. The van der Waals surface area contributed by atoms with Crippen molar-refractivity contribution in [3.63, 3.8) is 0 Å². The van der Waals surface area contributed by atoms with Gasteiger partial charge in [0.2, 0.25) is 5.91 Å². The fourth-order valence-electron chi connectivity index (χ4n) is 2.39. The van der Waals surface area contributed by atoms with Crippen molar-refractivity contribution in [1.29, 1.82) is 0 Å². The van der Waals surface area contributed by atoms with Crippen LogP contribution in [0.3, 0.4) is 0 Å². The van der Waals surface area contributed by atoms with Crippen LogP contribution in [0.1, 0.15) is 19.3 Å². The van der Waals surface area contributed by atoms with Crippen molar-refractivity contribution in [2.45, 2.75) is 30.9 Å². The summed E-state index contributed by atoms with van der Waals surface area (Å²) in [6.45, 7) is 2.70. The Bertz CT molecular complexity index is 335. The van der Waals surface area contributed by atoms with Crippen LogP contribution in [0, 0.1) is 0 Å². The highest BCUT2D eigenvalue weighted by molar-refractivity contribution is 5.87. The number of ether oxygens (including phenoxy) is 2. The van der Waals surface area contributed by atoms with Gasteiger partial charge in [-0.3, -0.25) is 4.79 Å². The number of carbonyl (C=O) groups is 2. The largest absolute Gasteiger partial charge is 0.480 e. The zero-order valence-corrected chi connectivity index (χ0v) is 10.8. The predicted octanol–water partition coefficient (Wildman–Crippen LogP) is -0.885. The Morgan fingerprint density at radius 1 is 1.32 bits per heavy atom. The average Bonchev–Trinajstić information content (AvgIpc) is 2.40. The molecule has 0 aromatic rings. The molecule has 19 heavy (non-hydrogen) atoms. The molecule has 0 saturated carbocycles. The van der Waals surface area contributed by atoms with Crippen molar-refractivity contribution in [3.8, 4) is 0 Å². The van der Waals surface area contributed by atoms with E-state index in [0.29, 0.717) is 39.2 Å². The van der Waals surface area contributed by atoms with Crippen molar-refractivity contribution >= 4 is 11.9 Å². The van der Waals surface area contributed by atoms with Gasteiger partial charge in [0, 0.05) is 39.1 Å². The van der Waals surface area contributed by atoms with Crippen LogP contribution in [-0.4, -0.2) is 61.5 Å². The SMILES string of the molecule is O=C(CC1CNCCO1)NC1(C(=O)O)CCOCC1. The Morgan fingerprint density at radius 2 is 2.05 bits per heavy atom. The molecule has 0 spiro atoms. The van der Waals surface area contributed by atoms with E-state index in [-0.39, 0.29) is 18.4 Å². The summed E-state index contributed by atoms with van der Waals surface area (Å²) in [6, 6.07) is 0. The van der Waals surface area contributed by atoms with Crippen molar-refractivity contribution < 1.29 is 24.2 Å². The molecule has 1 amide bonds. The molecule has 2 aliphatic rings. The van der Waals surface area contributed by atoms with Crippen LogP contribution in [-0.2, 0) is 19.1 Å². The van der Waals surface area contributed by atoms with Crippen LogP contribution in [0.15, 0.2) is 0 Å². The molecule has 0 aromatic heterocycles. The van der Waals surface area contributed by atoms with Gasteiger partial charge in [-0.15, -0.1) is 0 Å². The van der Waals surface area contributed by atoms with Crippen molar-refractivity contribution in [2.75, 3.05) is 32.9 Å². The molecule has 2 saturated heterocycles. The molecule has 3 N–H and O–H groups in total. The number of carboxylic acid groups (broad SMARTS) is 1. The van der Waals surface area contributed by atoms with Crippen LogP contribution in [0.2, 0.25) is 0 Å². The van der Waals surface area contributed by atoms with Gasteiger partial charge in [-0.1, -0.05) is 0 Å². The van der Waals surface area contributed by atoms with Gasteiger partial charge in [-0.05, 0) is 0 Å². The monoisotopic (exact) mass is 272 g/mol. The summed E-state index contributed by atoms with van der Waals surface area (Å²) in [6.07, 6.45) is 0.609. The van der Waals surface area contributed by atoms with Gasteiger partial charge >= 0.3 is 5.97 Å². The maximum absolute atomic E-state index is 12.0. The molecular formula is C12H20N2O5. The molecule has 0 aliphatic carbocycles. The van der Waals surface area contributed by atoms with E-state index in [9.17, 15) is 14.7 Å². The number of morpholine rings is 1. The van der Waals surface area contributed by atoms with Crippen LogP contribution in [0.5, 0.6) is 0 Å². The lowest BCUT2D eigenvalue weighted by atomic mass is 9.90. The van der Waals surface area contributed by atoms with Gasteiger partial charge in [0.05, 0.1) is 19.1 Å². The average molecular weight is 272 g/mol. The number of hydrogen-bond acceptors (Lipinski definition) is 5. The van der Waals surface area contributed by atoms with Crippen LogP contribution < -0.4 is 10.6 Å². The van der Waals surface area contributed by atoms with Gasteiger partial charge in [-0.2, -0.15) is 0 Å². The quantitative estimate of drug-likeness (QED) is 0.614. The van der Waals surface area contributed by atoms with Crippen LogP contribution >= 0.6 is 0 Å². The van der Waals surface area contributed by atoms with E-state index < -0.39 is 11.5 Å². The first-order valence-electron chi connectivity index (χ1n) is 6.57. The standard InChI is InChI=1S/C12H20N2O5/c15-10(7-9-8-13-3-6-19-9)14-12(11(16)17)1-4-18-5-2-12/h9,13H,1-8H2,(H,14,15)(H,16,17). The fraction of sp³-hybridized carbons (Fsp3) is 0.833. The topological polar surface area (TPSA) is 96.9 Å². The normalized spacial score (nSPS) is 26.6. The van der Waals surface area contributed by atoms with E-state index >= 15 is 0 Å². The minimum Gasteiger partial charge on any atom is -0.480 e. The van der Waals surface area contributed by atoms with E-state index in [1.807, 2.05) is 0 Å². The number of carboxylic acids is 1. The highest BCUT2D eigenvalue weighted by Gasteiger charge is 2.41. The van der Waals surface area contributed by atoms with Crippen LogP contribution in [0.25, 0.3) is 0 Å². The van der Waals surface area contributed by atoms with Crippen molar-refractivity contribution in [3.05, 3.63) is 0 Å². The lowest BCUT2D eigenvalue weighted by Crippen LogP contribution is -2.58. The number of aliphatic carboxylic acids is 1. The van der Waals surface area contributed by atoms with Crippen molar-refractivity contribution in [1.82, 2.24) is 10.6 Å². The summed E-state index contributed by atoms with van der Waals surface area (Å²) >= 11 is 0. The minimum absolute atomic E-state index is 0.181. The third-order valence-corrected chi connectivity index (χ3v) is 3.55. The lowest BCUT2D eigenvalue weighted by Gasteiger charge is -2.34. The van der Waals surface area contributed by atoms with E-state index in [0.717, 1.165) is 6.54 Å². The lowest BCUT2D eigenvalue weighted by molar-refractivity contribution is -0.152. The van der Waals surface area contributed by atoms with Gasteiger partial charge < -0.3 is 25.2 Å². The Balaban J connectivity index is 1.89. The highest BCUT2D eigenvalue weighted by Crippen LogP contribution is 2.21. The Labute approximate surface area is 111 Å². The number of rotatable bonds is 4. The Kier molecular flexibility index (Phi) is 4.73. The second kappa shape index (κ2) is 6.31. The number of carbonyl (C=O) groups excluding carboxylic acids is 1. The molecule has 0 bridgehead atoms. The molecule has 2 fully saturated rings. The van der Waals surface area contributed by atoms with Gasteiger partial charge in [-0.25, -0.2) is 4.79 Å². The first-order chi connectivity index (χ1) is 9.12. The number of amides is 1. The molecular weight excluding hydrogens is 252 g/mol. The first kappa shape index (κ1) is 14.2.